The van der Waals surface area contributed by atoms with Gasteiger partial charge in [0.05, 0.1) is 6.54 Å². The van der Waals surface area contributed by atoms with Crippen LogP contribution in [0.4, 0.5) is 0 Å². The molecule has 1 atom stereocenters. The van der Waals surface area contributed by atoms with E-state index in [4.69, 9.17) is 5.21 Å². The zero-order valence-electron chi connectivity index (χ0n) is 11.5. The van der Waals surface area contributed by atoms with E-state index < -0.39 is 0 Å². The van der Waals surface area contributed by atoms with E-state index in [0.29, 0.717) is 0 Å². The number of nitrogens with one attached hydrogen (secondary N) is 2. The number of hydrogen-bond acceptors (Lipinski definition) is 4. The normalized spacial score (nSPS) is 16.6. The summed E-state index contributed by atoms with van der Waals surface area (Å²) in [6.45, 7) is 4.70. The minimum absolute atomic E-state index is 0.0644. The highest BCUT2D eigenvalue weighted by Gasteiger charge is 2.20. The summed E-state index contributed by atoms with van der Waals surface area (Å²) < 4.78 is 1.31. The van der Waals surface area contributed by atoms with Crippen LogP contribution in [0.1, 0.15) is 18.1 Å². The van der Waals surface area contributed by atoms with Crippen molar-refractivity contribution in [3.8, 4) is 0 Å². The van der Waals surface area contributed by atoms with Gasteiger partial charge in [-0.3, -0.25) is 9.69 Å². The van der Waals surface area contributed by atoms with Crippen LogP contribution in [-0.4, -0.2) is 41.7 Å². The molecule has 1 heterocycles. The van der Waals surface area contributed by atoms with Crippen molar-refractivity contribution < 1.29 is 10.0 Å². The van der Waals surface area contributed by atoms with Crippen LogP contribution < -0.4 is 10.8 Å². The molecule has 0 saturated heterocycles. The summed E-state index contributed by atoms with van der Waals surface area (Å²) in [4.78, 5) is 13.8. The standard InChI is InChI=1S/C14H20IN3O2/c1-10(17-14(19)7-16-20)8-18-6-5-11-3-2-4-13(15)12(11)9-18/h2-4,10,16,20H,5-9H2,1H3,(H,17,19)/t10-/m0/s1. The van der Waals surface area contributed by atoms with Crippen LogP contribution in [0.15, 0.2) is 18.2 Å². The van der Waals surface area contributed by atoms with Crippen LogP contribution in [0.3, 0.4) is 0 Å². The van der Waals surface area contributed by atoms with Crippen LogP contribution in [0.2, 0.25) is 0 Å². The minimum atomic E-state index is -0.188. The van der Waals surface area contributed by atoms with Gasteiger partial charge in [0.2, 0.25) is 5.91 Å². The summed E-state index contributed by atoms with van der Waals surface area (Å²) in [6, 6.07) is 6.52. The molecule has 3 N–H and O–H groups in total. The highest BCUT2D eigenvalue weighted by atomic mass is 127. The van der Waals surface area contributed by atoms with Gasteiger partial charge in [0.1, 0.15) is 0 Å². The third-order valence-electron chi connectivity index (χ3n) is 3.47. The van der Waals surface area contributed by atoms with E-state index in [1.165, 1.54) is 14.7 Å². The Kier molecular flexibility index (Phi) is 5.76. The fourth-order valence-corrected chi connectivity index (χ4v) is 3.31. The Bertz CT molecular complexity index is 481. The molecule has 5 nitrogen and oxygen atoms in total. The number of fused-ring (bicyclic) bond motifs is 1. The topological polar surface area (TPSA) is 64.6 Å². The molecule has 110 valence electrons. The Hall–Kier alpha value is -0.700. The van der Waals surface area contributed by atoms with Crippen molar-refractivity contribution in [2.75, 3.05) is 19.6 Å². The Morgan fingerprint density at radius 1 is 1.55 bits per heavy atom. The van der Waals surface area contributed by atoms with Crippen molar-refractivity contribution >= 4 is 28.5 Å². The Labute approximate surface area is 132 Å². The van der Waals surface area contributed by atoms with Gasteiger partial charge in [-0.2, -0.15) is 5.48 Å². The lowest BCUT2D eigenvalue weighted by atomic mass is 9.99. The first-order chi connectivity index (χ1) is 9.60. The van der Waals surface area contributed by atoms with Gasteiger partial charge in [0.25, 0.3) is 0 Å². The number of hydrogen-bond donors (Lipinski definition) is 3. The van der Waals surface area contributed by atoms with Crippen LogP contribution in [0.25, 0.3) is 0 Å². The van der Waals surface area contributed by atoms with Crippen molar-refractivity contribution in [3.05, 3.63) is 32.9 Å². The number of halogens is 1. The van der Waals surface area contributed by atoms with Crippen molar-refractivity contribution in [2.24, 2.45) is 0 Å². The first-order valence-corrected chi connectivity index (χ1v) is 7.83. The quantitative estimate of drug-likeness (QED) is 0.522. The summed E-state index contributed by atoms with van der Waals surface area (Å²) in [7, 11) is 0. The molecule has 2 rings (SSSR count). The molecule has 1 aromatic carbocycles. The first kappa shape index (κ1) is 15.7. The molecule has 0 spiro atoms. The predicted molar refractivity (Wildman–Crippen MR) is 85.5 cm³/mol. The van der Waals surface area contributed by atoms with Gasteiger partial charge in [-0.05, 0) is 53.1 Å². The van der Waals surface area contributed by atoms with E-state index in [2.05, 4.69) is 51.0 Å². The van der Waals surface area contributed by atoms with Gasteiger partial charge in [0.15, 0.2) is 0 Å². The lowest BCUT2D eigenvalue weighted by Gasteiger charge is -2.31. The lowest BCUT2D eigenvalue weighted by molar-refractivity contribution is -0.122. The number of nitrogens with zero attached hydrogens (tertiary/aromatic N) is 1. The second kappa shape index (κ2) is 7.35. The Morgan fingerprint density at radius 2 is 2.35 bits per heavy atom. The average Bonchev–Trinajstić information content (AvgIpc) is 2.39. The number of carbonyl (C=O) groups excluding carboxylic acids is 1. The van der Waals surface area contributed by atoms with Crippen molar-refractivity contribution in [3.63, 3.8) is 0 Å². The monoisotopic (exact) mass is 389 g/mol. The summed E-state index contributed by atoms with van der Waals surface area (Å²) in [5, 5.41) is 11.4. The van der Waals surface area contributed by atoms with Crippen molar-refractivity contribution in [1.82, 2.24) is 15.7 Å². The summed E-state index contributed by atoms with van der Waals surface area (Å²) in [6.07, 6.45) is 1.06. The minimum Gasteiger partial charge on any atom is -0.351 e. The molecule has 0 unspecified atom stereocenters. The van der Waals surface area contributed by atoms with Crippen LogP contribution in [-0.2, 0) is 17.8 Å². The maximum absolute atomic E-state index is 11.4. The smallest absolute Gasteiger partial charge is 0.236 e. The fourth-order valence-electron chi connectivity index (χ4n) is 2.58. The molecule has 0 saturated carbocycles. The highest BCUT2D eigenvalue weighted by Crippen LogP contribution is 2.23. The molecule has 0 aromatic heterocycles. The third kappa shape index (κ3) is 4.15. The second-order valence-corrected chi connectivity index (χ2v) is 6.33. The van der Waals surface area contributed by atoms with Crippen LogP contribution in [0, 0.1) is 3.57 Å². The van der Waals surface area contributed by atoms with Gasteiger partial charge >= 0.3 is 0 Å². The molecule has 1 aliphatic heterocycles. The van der Waals surface area contributed by atoms with Gasteiger partial charge in [-0.15, -0.1) is 0 Å². The SMILES string of the molecule is C[C@@H](CN1CCc2cccc(I)c2C1)NC(=O)CNO. The molecule has 1 aromatic rings. The molecule has 6 heteroatoms. The second-order valence-electron chi connectivity index (χ2n) is 5.17. The van der Waals surface area contributed by atoms with Gasteiger partial charge in [0, 0.05) is 29.2 Å². The molecule has 0 aliphatic carbocycles. The maximum atomic E-state index is 11.4. The van der Waals surface area contributed by atoms with E-state index in [9.17, 15) is 4.79 Å². The van der Waals surface area contributed by atoms with E-state index in [1.807, 2.05) is 12.4 Å². The molecule has 1 aliphatic rings. The van der Waals surface area contributed by atoms with Crippen molar-refractivity contribution in [2.45, 2.75) is 25.9 Å². The lowest BCUT2D eigenvalue weighted by Crippen LogP contribution is -2.45. The molecule has 0 radical (unpaired) electrons. The van der Waals surface area contributed by atoms with E-state index in [-0.39, 0.29) is 18.5 Å². The van der Waals surface area contributed by atoms with Crippen molar-refractivity contribution in [1.29, 1.82) is 0 Å². The number of rotatable bonds is 5. The van der Waals surface area contributed by atoms with E-state index in [1.54, 1.807) is 0 Å². The van der Waals surface area contributed by atoms with Crippen LogP contribution >= 0.6 is 22.6 Å². The number of carbonyl (C=O) groups is 1. The molecule has 0 bridgehead atoms. The average molecular weight is 389 g/mol. The zero-order valence-corrected chi connectivity index (χ0v) is 13.7. The van der Waals surface area contributed by atoms with Gasteiger partial charge in [-0.1, -0.05) is 12.1 Å². The molecular formula is C14H20IN3O2. The molecule has 20 heavy (non-hydrogen) atoms. The van der Waals surface area contributed by atoms with E-state index >= 15 is 0 Å². The predicted octanol–water partition coefficient (Wildman–Crippen LogP) is 1.13. The fraction of sp³-hybridized carbons (Fsp3) is 0.500. The largest absolute Gasteiger partial charge is 0.351 e. The Balaban J connectivity index is 1.90. The Morgan fingerprint density at radius 3 is 3.10 bits per heavy atom. The molecule has 1 amide bonds. The summed E-state index contributed by atoms with van der Waals surface area (Å²) >= 11 is 2.39. The highest BCUT2D eigenvalue weighted by molar-refractivity contribution is 14.1. The summed E-state index contributed by atoms with van der Waals surface area (Å²) in [5.41, 5.74) is 4.72. The molecule has 0 fully saturated rings. The van der Waals surface area contributed by atoms with Crippen LogP contribution in [0.5, 0.6) is 0 Å². The number of hydroxylamine groups is 1. The number of amides is 1. The van der Waals surface area contributed by atoms with E-state index in [0.717, 1.165) is 26.1 Å². The zero-order chi connectivity index (χ0) is 14.5. The third-order valence-corrected chi connectivity index (χ3v) is 4.48. The first-order valence-electron chi connectivity index (χ1n) is 6.75. The summed E-state index contributed by atoms with van der Waals surface area (Å²) in [5.74, 6) is -0.188. The number of benzene rings is 1. The van der Waals surface area contributed by atoms with Gasteiger partial charge < -0.3 is 10.5 Å². The van der Waals surface area contributed by atoms with Gasteiger partial charge in [-0.25, -0.2) is 0 Å². The maximum Gasteiger partial charge on any atom is 0.236 e. The molecular weight excluding hydrogens is 369 g/mol.